The number of nitrogens with zero attached hydrogens (tertiary/aromatic N) is 1. The third kappa shape index (κ3) is 5.79. The van der Waals surface area contributed by atoms with Crippen molar-refractivity contribution in [3.05, 3.63) is 59.9 Å². The lowest BCUT2D eigenvalue weighted by molar-refractivity contribution is -0.130. The Kier molecular flexibility index (Phi) is 7.29. The minimum absolute atomic E-state index is 0.00520. The van der Waals surface area contributed by atoms with Gasteiger partial charge >= 0.3 is 0 Å². The molecule has 2 amide bonds. The van der Waals surface area contributed by atoms with Gasteiger partial charge in [-0.3, -0.25) is 19.8 Å². The van der Waals surface area contributed by atoms with Crippen molar-refractivity contribution in [2.24, 2.45) is 5.92 Å². The number of carbonyl (C=O) groups is 2. The molecule has 2 heterocycles. The molecule has 9 heteroatoms. The van der Waals surface area contributed by atoms with E-state index in [9.17, 15) is 14.0 Å². The Morgan fingerprint density at radius 3 is 2.69 bits per heavy atom. The van der Waals surface area contributed by atoms with Crippen molar-refractivity contribution in [1.82, 2.24) is 15.5 Å². The van der Waals surface area contributed by atoms with Gasteiger partial charge in [0.05, 0.1) is 18.8 Å². The molecule has 2 aliphatic heterocycles. The molecule has 2 aliphatic rings. The van der Waals surface area contributed by atoms with Crippen LogP contribution in [0.15, 0.2) is 48.5 Å². The fourth-order valence-corrected chi connectivity index (χ4v) is 4.93. The molecule has 170 valence electrons. The predicted molar refractivity (Wildman–Crippen MR) is 123 cm³/mol. The van der Waals surface area contributed by atoms with Crippen molar-refractivity contribution >= 4 is 29.3 Å². The Hall–Kier alpha value is -2.62. The molecule has 4 rings (SSSR count). The van der Waals surface area contributed by atoms with Gasteiger partial charge in [0.25, 0.3) is 0 Å². The molecule has 3 unspecified atom stereocenters. The second kappa shape index (κ2) is 10.3. The molecule has 2 aromatic rings. The van der Waals surface area contributed by atoms with Crippen molar-refractivity contribution in [1.29, 1.82) is 0 Å². The average Bonchev–Trinajstić information content (AvgIpc) is 2.80. The van der Waals surface area contributed by atoms with E-state index >= 15 is 0 Å². The fourth-order valence-electron chi connectivity index (χ4n) is 4.07. The number of fused-ring (bicyclic) bond motifs is 1. The largest absolute Gasteiger partial charge is 0.497 e. The first kappa shape index (κ1) is 22.6. The van der Waals surface area contributed by atoms with Gasteiger partial charge in [0, 0.05) is 31.4 Å². The lowest BCUT2D eigenvalue weighted by Gasteiger charge is -2.43. The zero-order chi connectivity index (χ0) is 22.5. The minimum atomic E-state index is -0.297. The summed E-state index contributed by atoms with van der Waals surface area (Å²) < 4.78 is 18.2. The van der Waals surface area contributed by atoms with Crippen molar-refractivity contribution < 1.29 is 18.7 Å². The number of hydrogen-bond acceptors (Lipinski definition) is 6. The Balaban J connectivity index is 1.24. The molecule has 3 atom stereocenters. The quantitative estimate of drug-likeness (QED) is 0.591. The van der Waals surface area contributed by atoms with E-state index in [-0.39, 0.29) is 40.8 Å². The van der Waals surface area contributed by atoms with Crippen molar-refractivity contribution in [3.8, 4) is 5.75 Å². The second-order valence-electron chi connectivity index (χ2n) is 8.01. The molecule has 3 N–H and O–H groups in total. The van der Waals surface area contributed by atoms with E-state index < -0.39 is 0 Å². The maximum absolute atomic E-state index is 13.1. The van der Waals surface area contributed by atoms with Crippen LogP contribution in [0, 0.1) is 11.7 Å². The molecule has 0 aromatic heterocycles. The SMILES string of the molecule is COc1ccc(NC(=O)CSC2NC(=O)C3CN(Cc4ccc(F)cc4)CCC3N2)cc1. The molecule has 32 heavy (non-hydrogen) atoms. The average molecular weight is 459 g/mol. The molecule has 0 saturated carbocycles. The summed E-state index contributed by atoms with van der Waals surface area (Å²) in [7, 11) is 1.59. The standard InChI is InChI=1S/C23H27FN4O3S/c1-31-18-8-6-17(7-9-18)25-21(29)14-32-23-26-20-10-11-28(13-19(20)22(30)27-23)12-15-2-4-16(24)5-3-15/h2-9,19-20,23,26H,10-14H2,1H3,(H,25,29)(H,27,30). The van der Waals surface area contributed by atoms with Gasteiger partial charge in [0.1, 0.15) is 17.1 Å². The van der Waals surface area contributed by atoms with Crippen molar-refractivity contribution in [2.75, 3.05) is 31.3 Å². The number of benzene rings is 2. The van der Waals surface area contributed by atoms with Gasteiger partial charge in [-0.25, -0.2) is 4.39 Å². The molecule has 0 bridgehead atoms. The van der Waals surface area contributed by atoms with Gasteiger partial charge in [0.15, 0.2) is 0 Å². The normalized spacial score (nSPS) is 23.2. The van der Waals surface area contributed by atoms with Crippen LogP contribution < -0.4 is 20.7 Å². The van der Waals surface area contributed by atoms with Crippen molar-refractivity contribution in [2.45, 2.75) is 24.5 Å². The summed E-state index contributed by atoms with van der Waals surface area (Å²) in [6.07, 6.45) is 0.842. The van der Waals surface area contributed by atoms with Crippen LogP contribution in [0.1, 0.15) is 12.0 Å². The first-order valence-corrected chi connectivity index (χ1v) is 11.6. The Labute approximate surface area is 191 Å². The molecule has 2 aromatic carbocycles. The highest BCUT2D eigenvalue weighted by Gasteiger charge is 2.39. The molecular weight excluding hydrogens is 431 g/mol. The Morgan fingerprint density at radius 2 is 1.97 bits per heavy atom. The van der Waals surface area contributed by atoms with E-state index in [1.807, 2.05) is 0 Å². The van der Waals surface area contributed by atoms with Crippen LogP contribution in [0.2, 0.25) is 0 Å². The van der Waals surface area contributed by atoms with E-state index in [2.05, 4.69) is 20.9 Å². The number of thioether (sulfide) groups is 1. The van der Waals surface area contributed by atoms with Crippen LogP contribution in [0.4, 0.5) is 10.1 Å². The van der Waals surface area contributed by atoms with Crippen LogP contribution in [0.25, 0.3) is 0 Å². The van der Waals surface area contributed by atoms with Crippen LogP contribution >= 0.6 is 11.8 Å². The number of anilines is 1. The smallest absolute Gasteiger partial charge is 0.234 e. The number of carbonyl (C=O) groups excluding carboxylic acids is 2. The molecule has 2 saturated heterocycles. The van der Waals surface area contributed by atoms with Crippen LogP contribution in [-0.4, -0.2) is 54.2 Å². The molecule has 7 nitrogen and oxygen atoms in total. The van der Waals surface area contributed by atoms with Crippen molar-refractivity contribution in [3.63, 3.8) is 0 Å². The summed E-state index contributed by atoms with van der Waals surface area (Å²) in [6, 6.07) is 13.7. The number of piperidine rings is 1. The van der Waals surface area contributed by atoms with E-state index in [0.717, 1.165) is 24.3 Å². The highest BCUT2D eigenvalue weighted by atomic mass is 32.2. The third-order valence-corrected chi connectivity index (χ3v) is 6.76. The summed E-state index contributed by atoms with van der Waals surface area (Å²) in [4.78, 5) is 27.2. The molecule has 0 aliphatic carbocycles. The van der Waals surface area contributed by atoms with Gasteiger partial charge in [-0.2, -0.15) is 0 Å². The molecular formula is C23H27FN4O3S. The number of likely N-dealkylation sites (tertiary alicyclic amines) is 1. The van der Waals surface area contributed by atoms with E-state index in [0.29, 0.717) is 18.8 Å². The van der Waals surface area contributed by atoms with Crippen LogP contribution in [0.5, 0.6) is 5.75 Å². The zero-order valence-electron chi connectivity index (χ0n) is 17.8. The predicted octanol–water partition coefficient (Wildman–Crippen LogP) is 2.40. The first-order chi connectivity index (χ1) is 15.5. The molecule has 0 spiro atoms. The molecule has 2 fully saturated rings. The van der Waals surface area contributed by atoms with E-state index in [1.54, 1.807) is 43.5 Å². The van der Waals surface area contributed by atoms with Gasteiger partial charge in [0.2, 0.25) is 11.8 Å². The van der Waals surface area contributed by atoms with Gasteiger partial charge in [-0.05, 0) is 48.4 Å². The second-order valence-corrected chi connectivity index (χ2v) is 9.10. The summed E-state index contributed by atoms with van der Waals surface area (Å²) in [5, 5.41) is 9.30. The van der Waals surface area contributed by atoms with E-state index in [4.69, 9.17) is 4.74 Å². The summed E-state index contributed by atoms with van der Waals surface area (Å²) in [5.74, 6) is 0.430. The minimum Gasteiger partial charge on any atom is -0.497 e. The highest BCUT2D eigenvalue weighted by Crippen LogP contribution is 2.25. The number of nitrogens with one attached hydrogen (secondary N) is 3. The summed E-state index contributed by atoms with van der Waals surface area (Å²) in [5.41, 5.74) is 1.44. The van der Waals surface area contributed by atoms with Crippen LogP contribution in [-0.2, 0) is 16.1 Å². The number of methoxy groups -OCH3 is 1. The maximum atomic E-state index is 13.1. The van der Waals surface area contributed by atoms with Gasteiger partial charge in [-0.15, -0.1) is 11.8 Å². The number of rotatable bonds is 7. The number of halogens is 1. The lowest BCUT2D eigenvalue weighted by Crippen LogP contribution is -2.64. The van der Waals surface area contributed by atoms with Gasteiger partial charge < -0.3 is 15.4 Å². The first-order valence-electron chi connectivity index (χ1n) is 10.6. The Morgan fingerprint density at radius 1 is 1.22 bits per heavy atom. The number of ether oxygens (including phenoxy) is 1. The summed E-state index contributed by atoms with van der Waals surface area (Å²) >= 11 is 1.37. The van der Waals surface area contributed by atoms with Crippen LogP contribution in [0.3, 0.4) is 0 Å². The monoisotopic (exact) mass is 458 g/mol. The lowest BCUT2D eigenvalue weighted by atomic mass is 9.89. The van der Waals surface area contributed by atoms with E-state index in [1.165, 1.54) is 23.9 Å². The molecule has 0 radical (unpaired) electrons. The third-order valence-electron chi connectivity index (χ3n) is 5.75. The fraction of sp³-hybridized carbons (Fsp3) is 0.391. The van der Waals surface area contributed by atoms with Gasteiger partial charge in [-0.1, -0.05) is 12.1 Å². The number of hydrogen-bond donors (Lipinski definition) is 3. The highest BCUT2D eigenvalue weighted by molar-refractivity contribution is 8.00. The summed E-state index contributed by atoms with van der Waals surface area (Å²) in [6.45, 7) is 2.20. The number of amides is 2. The maximum Gasteiger partial charge on any atom is 0.234 e. The topological polar surface area (TPSA) is 82.7 Å². The Bertz CT molecular complexity index is 941. The zero-order valence-corrected chi connectivity index (χ0v) is 18.7.